The summed E-state index contributed by atoms with van der Waals surface area (Å²) in [6.07, 6.45) is 1.77. The van der Waals surface area contributed by atoms with E-state index in [2.05, 4.69) is 15.4 Å². The van der Waals surface area contributed by atoms with Crippen molar-refractivity contribution in [3.63, 3.8) is 0 Å². The molecule has 0 spiro atoms. The molecule has 0 atom stereocenters. The van der Waals surface area contributed by atoms with E-state index in [0.717, 1.165) is 10.5 Å². The minimum atomic E-state index is -0.293. The van der Waals surface area contributed by atoms with Gasteiger partial charge in [0, 0.05) is 12.1 Å². The molecule has 0 amide bonds. The lowest BCUT2D eigenvalue weighted by atomic mass is 10.2. The van der Waals surface area contributed by atoms with Crippen molar-refractivity contribution in [1.82, 2.24) is 14.6 Å². The molecule has 4 rings (SSSR count). The Kier molecular flexibility index (Phi) is 3.70. The first kappa shape index (κ1) is 14.8. The normalized spacial score (nSPS) is 11.1. The largest absolute Gasteiger partial charge is 0.356 e. The number of aromatic nitrogens is 3. The highest BCUT2D eigenvalue weighted by Crippen LogP contribution is 2.25. The molecule has 0 fully saturated rings. The lowest BCUT2D eigenvalue weighted by Crippen LogP contribution is -1.99. The van der Waals surface area contributed by atoms with Gasteiger partial charge in [-0.3, -0.25) is 0 Å². The van der Waals surface area contributed by atoms with Crippen LogP contribution in [0.15, 0.2) is 54.7 Å². The second-order valence-electron chi connectivity index (χ2n) is 5.25. The van der Waals surface area contributed by atoms with Crippen molar-refractivity contribution in [2.24, 2.45) is 0 Å². The molecule has 0 aliphatic heterocycles. The minimum Gasteiger partial charge on any atom is -0.356 e. The summed E-state index contributed by atoms with van der Waals surface area (Å²) in [5, 5.41) is 8.31. The topological polar surface area (TPSA) is 42.2 Å². The van der Waals surface area contributed by atoms with E-state index in [1.165, 1.54) is 35.6 Å². The van der Waals surface area contributed by atoms with Crippen LogP contribution in [0.25, 0.3) is 16.2 Å². The first-order chi connectivity index (χ1) is 11.7. The van der Waals surface area contributed by atoms with Gasteiger partial charge in [0.25, 0.3) is 0 Å². The van der Waals surface area contributed by atoms with Crippen molar-refractivity contribution < 1.29 is 8.78 Å². The number of hydrogen-bond donors (Lipinski definition) is 1. The molecule has 2 aromatic carbocycles. The Morgan fingerprint density at radius 1 is 1.04 bits per heavy atom. The first-order valence-corrected chi connectivity index (χ1v) is 8.09. The smallest absolute Gasteiger partial charge is 0.214 e. The molecule has 0 unspecified atom stereocenters. The van der Waals surface area contributed by atoms with Crippen LogP contribution in [0, 0.1) is 11.6 Å². The van der Waals surface area contributed by atoms with Crippen LogP contribution < -0.4 is 5.32 Å². The molecular weight excluding hydrogens is 330 g/mol. The standard InChI is InChI=1S/C17H12F2N4S/c18-13-6-4-11(5-7-13)9-20-16-22-23-10-15(21-17(23)24-16)12-2-1-3-14(19)8-12/h1-8,10H,9H2,(H,20,22). The monoisotopic (exact) mass is 342 g/mol. The highest BCUT2D eigenvalue weighted by atomic mass is 32.1. The molecule has 0 bridgehead atoms. The van der Waals surface area contributed by atoms with Crippen LogP contribution in [-0.2, 0) is 6.54 Å². The Labute approximate surface area is 140 Å². The van der Waals surface area contributed by atoms with Crippen LogP contribution >= 0.6 is 11.3 Å². The van der Waals surface area contributed by atoms with Gasteiger partial charge in [-0.25, -0.2) is 18.3 Å². The van der Waals surface area contributed by atoms with Gasteiger partial charge in [-0.15, -0.1) is 5.10 Å². The molecule has 120 valence electrons. The van der Waals surface area contributed by atoms with Gasteiger partial charge in [-0.2, -0.15) is 0 Å². The fourth-order valence-corrected chi connectivity index (χ4v) is 3.12. The molecule has 0 saturated heterocycles. The van der Waals surface area contributed by atoms with Crippen LogP contribution in [0.5, 0.6) is 0 Å². The molecule has 0 aliphatic carbocycles. The lowest BCUT2D eigenvalue weighted by molar-refractivity contribution is 0.627. The number of halogens is 2. The molecule has 0 radical (unpaired) electrons. The molecule has 0 aliphatic rings. The molecule has 0 saturated carbocycles. The van der Waals surface area contributed by atoms with Crippen molar-refractivity contribution in [3.05, 3.63) is 71.9 Å². The van der Waals surface area contributed by atoms with Crippen LogP contribution in [0.1, 0.15) is 5.56 Å². The molecule has 24 heavy (non-hydrogen) atoms. The van der Waals surface area contributed by atoms with Crippen molar-refractivity contribution >= 4 is 21.4 Å². The van der Waals surface area contributed by atoms with E-state index in [-0.39, 0.29) is 11.6 Å². The maximum Gasteiger partial charge on any atom is 0.214 e. The number of fused-ring (bicyclic) bond motifs is 1. The second kappa shape index (κ2) is 6.01. The summed E-state index contributed by atoms with van der Waals surface area (Å²) in [7, 11) is 0. The summed E-state index contributed by atoms with van der Waals surface area (Å²) < 4.78 is 27.9. The first-order valence-electron chi connectivity index (χ1n) is 7.28. The molecule has 2 heterocycles. The third-order valence-corrected chi connectivity index (χ3v) is 4.40. The van der Waals surface area contributed by atoms with E-state index in [1.54, 1.807) is 28.9 Å². The van der Waals surface area contributed by atoms with Crippen LogP contribution in [0.4, 0.5) is 13.9 Å². The van der Waals surface area contributed by atoms with Crippen LogP contribution in [0.2, 0.25) is 0 Å². The number of nitrogens with one attached hydrogen (secondary N) is 1. The van der Waals surface area contributed by atoms with Gasteiger partial charge < -0.3 is 5.32 Å². The Morgan fingerprint density at radius 3 is 2.62 bits per heavy atom. The summed E-state index contributed by atoms with van der Waals surface area (Å²) >= 11 is 1.40. The zero-order valence-corrected chi connectivity index (χ0v) is 13.2. The SMILES string of the molecule is Fc1ccc(CNc2nn3cc(-c4cccc(F)c4)nc3s2)cc1. The van der Waals surface area contributed by atoms with Gasteiger partial charge in [0.1, 0.15) is 11.6 Å². The fraction of sp³-hybridized carbons (Fsp3) is 0.0588. The van der Waals surface area contributed by atoms with Crippen molar-refractivity contribution in [3.8, 4) is 11.3 Å². The fourth-order valence-electron chi connectivity index (χ4n) is 2.34. The van der Waals surface area contributed by atoms with E-state index < -0.39 is 0 Å². The molecule has 1 N–H and O–H groups in total. The quantitative estimate of drug-likeness (QED) is 0.600. The summed E-state index contributed by atoms with van der Waals surface area (Å²) in [6, 6.07) is 12.6. The summed E-state index contributed by atoms with van der Waals surface area (Å²) in [5.41, 5.74) is 2.36. The Bertz CT molecular complexity index is 960. The highest BCUT2D eigenvalue weighted by Gasteiger charge is 2.10. The number of nitrogens with zero attached hydrogens (tertiary/aromatic N) is 3. The summed E-state index contributed by atoms with van der Waals surface area (Å²) in [6.45, 7) is 0.549. The third-order valence-electron chi connectivity index (χ3n) is 3.52. The molecule has 2 aromatic heterocycles. The van der Waals surface area contributed by atoms with Gasteiger partial charge in [-0.05, 0) is 29.8 Å². The summed E-state index contributed by atoms with van der Waals surface area (Å²) in [5.74, 6) is -0.546. The Balaban J connectivity index is 1.52. The van der Waals surface area contributed by atoms with Crippen LogP contribution in [0.3, 0.4) is 0 Å². The van der Waals surface area contributed by atoms with Crippen molar-refractivity contribution in [2.75, 3.05) is 5.32 Å². The molecule has 4 nitrogen and oxygen atoms in total. The van der Waals surface area contributed by atoms with Crippen molar-refractivity contribution in [2.45, 2.75) is 6.54 Å². The molecule has 7 heteroatoms. The zero-order chi connectivity index (χ0) is 16.5. The van der Waals surface area contributed by atoms with E-state index >= 15 is 0 Å². The highest BCUT2D eigenvalue weighted by molar-refractivity contribution is 7.20. The number of benzene rings is 2. The second-order valence-corrected chi connectivity index (χ2v) is 6.21. The predicted molar refractivity (Wildman–Crippen MR) is 90.0 cm³/mol. The van der Waals surface area contributed by atoms with Gasteiger partial charge in [0.05, 0.1) is 11.9 Å². The van der Waals surface area contributed by atoms with Gasteiger partial charge in [-0.1, -0.05) is 35.6 Å². The molecular formula is C17H12F2N4S. The average molecular weight is 342 g/mol. The van der Waals surface area contributed by atoms with Gasteiger partial charge in [0.15, 0.2) is 0 Å². The minimum absolute atomic E-state index is 0.253. The van der Waals surface area contributed by atoms with E-state index in [4.69, 9.17) is 0 Å². The molecule has 4 aromatic rings. The zero-order valence-electron chi connectivity index (χ0n) is 12.4. The van der Waals surface area contributed by atoms with E-state index in [0.29, 0.717) is 22.9 Å². The van der Waals surface area contributed by atoms with Gasteiger partial charge in [0.2, 0.25) is 10.1 Å². The number of hydrogen-bond acceptors (Lipinski definition) is 4. The van der Waals surface area contributed by atoms with Crippen LogP contribution in [-0.4, -0.2) is 14.6 Å². The van der Waals surface area contributed by atoms with E-state index in [9.17, 15) is 8.78 Å². The predicted octanol–water partition coefficient (Wildman–Crippen LogP) is 4.35. The van der Waals surface area contributed by atoms with Crippen molar-refractivity contribution in [1.29, 1.82) is 0 Å². The van der Waals surface area contributed by atoms with Gasteiger partial charge >= 0.3 is 0 Å². The maximum atomic E-state index is 13.3. The Morgan fingerprint density at radius 2 is 1.88 bits per heavy atom. The van der Waals surface area contributed by atoms with E-state index in [1.807, 2.05) is 6.07 Å². The summed E-state index contributed by atoms with van der Waals surface area (Å²) in [4.78, 5) is 5.19. The maximum absolute atomic E-state index is 13.3. The number of imidazole rings is 1. The third kappa shape index (κ3) is 2.98. The average Bonchev–Trinajstić information content (AvgIpc) is 3.13. The lowest BCUT2D eigenvalue weighted by Gasteiger charge is -2.01. The number of rotatable bonds is 4. The number of anilines is 1. The Hall–Kier alpha value is -2.80.